The molecule has 2 N–H and O–H groups in total. The number of likely N-dealkylation sites (tertiary alicyclic amines) is 1. The number of anilines is 2. The molecule has 3 heterocycles. The van der Waals surface area contributed by atoms with E-state index in [4.69, 9.17) is 9.47 Å². The van der Waals surface area contributed by atoms with Gasteiger partial charge in [0.15, 0.2) is 18.1 Å². The molecule has 1 aromatic heterocycles. The number of methoxy groups -OCH3 is 1. The molecule has 11 nitrogen and oxygen atoms in total. The molecule has 2 amide bonds. The van der Waals surface area contributed by atoms with E-state index >= 15 is 0 Å². The molecule has 1 atom stereocenters. The Balaban J connectivity index is 1.42. The molecule has 0 spiro atoms. The lowest BCUT2D eigenvalue weighted by atomic mass is 9.94. The van der Waals surface area contributed by atoms with Gasteiger partial charge in [-0.25, -0.2) is 0 Å². The monoisotopic (exact) mass is 517 g/mol. The Morgan fingerprint density at radius 1 is 1.08 bits per heavy atom. The Labute approximate surface area is 220 Å². The largest absolute Gasteiger partial charge is 0.493 e. The molecule has 0 saturated carbocycles. The summed E-state index contributed by atoms with van der Waals surface area (Å²) in [4.78, 5) is 28.0. The quantitative estimate of drug-likeness (QED) is 0.489. The zero-order valence-corrected chi connectivity index (χ0v) is 21.7. The summed E-state index contributed by atoms with van der Waals surface area (Å²) in [6.45, 7) is 5.25. The van der Waals surface area contributed by atoms with Gasteiger partial charge in [-0.1, -0.05) is 23.3 Å². The van der Waals surface area contributed by atoms with Gasteiger partial charge < -0.3 is 25.0 Å². The van der Waals surface area contributed by atoms with Crippen molar-refractivity contribution in [2.75, 3.05) is 37.4 Å². The predicted molar refractivity (Wildman–Crippen MR) is 141 cm³/mol. The van der Waals surface area contributed by atoms with Gasteiger partial charge in [-0.15, -0.1) is 0 Å². The highest BCUT2D eigenvalue weighted by atomic mass is 16.5. The summed E-state index contributed by atoms with van der Waals surface area (Å²) in [6.07, 6.45) is 3.19. The Morgan fingerprint density at radius 3 is 2.66 bits per heavy atom. The average molecular weight is 518 g/mol. The van der Waals surface area contributed by atoms with E-state index in [0.29, 0.717) is 34.4 Å². The van der Waals surface area contributed by atoms with Crippen molar-refractivity contribution in [2.24, 2.45) is 0 Å². The SMILES string of the molecule is COc1cc(C2C(C(=O)Nc3cccc(C)c3)=C(C)Nc3nnnn32)ccc1OCC(=O)N1CCCCC1. The maximum absolute atomic E-state index is 13.6. The van der Waals surface area contributed by atoms with Crippen LogP contribution in [0.25, 0.3) is 0 Å². The van der Waals surface area contributed by atoms with E-state index in [0.717, 1.165) is 43.5 Å². The Hall–Kier alpha value is -4.41. The number of aromatic nitrogens is 4. The van der Waals surface area contributed by atoms with Gasteiger partial charge in [0.2, 0.25) is 5.95 Å². The second kappa shape index (κ2) is 10.9. The van der Waals surface area contributed by atoms with Crippen LogP contribution in [0.1, 0.15) is 43.4 Å². The molecule has 1 fully saturated rings. The topological polar surface area (TPSA) is 124 Å². The van der Waals surface area contributed by atoms with E-state index in [1.807, 2.05) is 49.1 Å². The van der Waals surface area contributed by atoms with Crippen LogP contribution < -0.4 is 20.1 Å². The minimum Gasteiger partial charge on any atom is -0.493 e. The first-order valence-corrected chi connectivity index (χ1v) is 12.7. The van der Waals surface area contributed by atoms with Gasteiger partial charge in [-0.2, -0.15) is 4.68 Å². The molecule has 0 radical (unpaired) electrons. The number of amides is 2. The Morgan fingerprint density at radius 2 is 1.89 bits per heavy atom. The summed E-state index contributed by atoms with van der Waals surface area (Å²) in [6, 6.07) is 12.3. The van der Waals surface area contributed by atoms with Crippen molar-refractivity contribution < 1.29 is 19.1 Å². The van der Waals surface area contributed by atoms with Gasteiger partial charge in [0, 0.05) is 24.5 Å². The van der Waals surface area contributed by atoms with Crippen molar-refractivity contribution in [1.29, 1.82) is 0 Å². The Bertz CT molecular complexity index is 1380. The normalized spacial score (nSPS) is 16.9. The van der Waals surface area contributed by atoms with Crippen LogP contribution in [-0.2, 0) is 9.59 Å². The molecular weight excluding hydrogens is 486 g/mol. The fourth-order valence-corrected chi connectivity index (χ4v) is 4.88. The highest BCUT2D eigenvalue weighted by molar-refractivity contribution is 6.06. The van der Waals surface area contributed by atoms with E-state index in [1.54, 1.807) is 16.8 Å². The number of ether oxygens (including phenoxy) is 2. The van der Waals surface area contributed by atoms with Gasteiger partial charge in [-0.3, -0.25) is 9.59 Å². The van der Waals surface area contributed by atoms with Gasteiger partial charge in [0.05, 0.1) is 12.7 Å². The molecule has 2 aromatic carbocycles. The number of fused-ring (bicyclic) bond motifs is 1. The van der Waals surface area contributed by atoms with Gasteiger partial charge in [0.25, 0.3) is 11.8 Å². The summed E-state index contributed by atoms with van der Waals surface area (Å²) in [5.74, 6) is 0.988. The minimum absolute atomic E-state index is 0.0406. The highest BCUT2D eigenvalue weighted by Gasteiger charge is 2.34. The van der Waals surface area contributed by atoms with Crippen LogP contribution in [0, 0.1) is 6.92 Å². The number of benzene rings is 2. The van der Waals surface area contributed by atoms with Crippen molar-refractivity contribution in [3.63, 3.8) is 0 Å². The molecule has 3 aromatic rings. The third-order valence-corrected chi connectivity index (χ3v) is 6.80. The maximum Gasteiger partial charge on any atom is 0.260 e. The van der Waals surface area contributed by atoms with Gasteiger partial charge in [0.1, 0.15) is 6.04 Å². The number of aryl methyl sites for hydroxylation is 1. The van der Waals surface area contributed by atoms with Crippen molar-refractivity contribution in [2.45, 2.75) is 39.2 Å². The van der Waals surface area contributed by atoms with Crippen LogP contribution in [0.3, 0.4) is 0 Å². The summed E-state index contributed by atoms with van der Waals surface area (Å²) < 4.78 is 13.0. The van der Waals surface area contributed by atoms with E-state index in [9.17, 15) is 9.59 Å². The molecule has 1 saturated heterocycles. The van der Waals surface area contributed by atoms with Crippen LogP contribution in [0.2, 0.25) is 0 Å². The zero-order chi connectivity index (χ0) is 26.6. The maximum atomic E-state index is 13.6. The number of allylic oxidation sites excluding steroid dienone is 1. The van der Waals surface area contributed by atoms with Crippen molar-refractivity contribution in [1.82, 2.24) is 25.1 Å². The Kier molecular flexibility index (Phi) is 7.25. The second-order valence-corrected chi connectivity index (χ2v) is 9.48. The molecule has 0 bridgehead atoms. The molecule has 198 valence electrons. The number of nitrogens with zero attached hydrogens (tertiary/aromatic N) is 5. The number of tetrazole rings is 1. The van der Waals surface area contributed by atoms with E-state index in [1.165, 1.54) is 7.11 Å². The number of nitrogens with one attached hydrogen (secondary N) is 2. The molecule has 2 aliphatic rings. The summed E-state index contributed by atoms with van der Waals surface area (Å²) in [5, 5.41) is 18.1. The first-order chi connectivity index (χ1) is 18.4. The first kappa shape index (κ1) is 25.2. The molecule has 11 heteroatoms. The number of carbonyl (C=O) groups excluding carboxylic acids is 2. The third kappa shape index (κ3) is 5.17. The number of carbonyl (C=O) groups is 2. The molecule has 2 aliphatic heterocycles. The van der Waals surface area contributed by atoms with Gasteiger partial charge in [-0.05, 0) is 78.9 Å². The van der Waals surface area contributed by atoms with Crippen molar-refractivity contribution in [3.05, 3.63) is 64.9 Å². The zero-order valence-electron chi connectivity index (χ0n) is 21.7. The lowest BCUT2D eigenvalue weighted by Crippen LogP contribution is -2.38. The van der Waals surface area contributed by atoms with Crippen LogP contribution in [0.15, 0.2) is 53.7 Å². The molecule has 1 unspecified atom stereocenters. The van der Waals surface area contributed by atoms with Crippen LogP contribution in [-0.4, -0.2) is 63.7 Å². The highest BCUT2D eigenvalue weighted by Crippen LogP contribution is 2.38. The number of hydrogen-bond donors (Lipinski definition) is 2. The average Bonchev–Trinajstić information content (AvgIpc) is 3.39. The summed E-state index contributed by atoms with van der Waals surface area (Å²) in [5.41, 5.74) is 3.54. The third-order valence-electron chi connectivity index (χ3n) is 6.80. The van der Waals surface area contributed by atoms with Crippen LogP contribution in [0.4, 0.5) is 11.6 Å². The minimum atomic E-state index is -0.621. The van der Waals surface area contributed by atoms with E-state index < -0.39 is 6.04 Å². The lowest BCUT2D eigenvalue weighted by molar-refractivity contribution is -0.134. The fraction of sp³-hybridized carbons (Fsp3) is 0.370. The second-order valence-electron chi connectivity index (χ2n) is 9.48. The standard InChI is InChI=1S/C27H31N7O4/c1-17-8-7-9-20(14-17)29-26(36)24-18(2)28-27-30-31-32-34(27)25(24)19-10-11-21(22(15-19)37-3)38-16-23(35)33-12-5-4-6-13-33/h7-11,14-15,25H,4-6,12-13,16H2,1-3H3,(H,29,36)(H,28,30,32). The fourth-order valence-electron chi connectivity index (χ4n) is 4.88. The van der Waals surface area contributed by atoms with Crippen LogP contribution in [0.5, 0.6) is 11.5 Å². The summed E-state index contributed by atoms with van der Waals surface area (Å²) >= 11 is 0. The summed E-state index contributed by atoms with van der Waals surface area (Å²) in [7, 11) is 1.54. The van der Waals surface area contributed by atoms with E-state index in [-0.39, 0.29) is 18.4 Å². The van der Waals surface area contributed by atoms with Crippen molar-refractivity contribution >= 4 is 23.5 Å². The molecular formula is C27H31N7O4. The predicted octanol–water partition coefficient (Wildman–Crippen LogP) is 3.31. The number of piperidine rings is 1. The van der Waals surface area contributed by atoms with E-state index in [2.05, 4.69) is 26.2 Å². The molecule has 0 aliphatic carbocycles. The molecule has 5 rings (SSSR count). The molecule has 38 heavy (non-hydrogen) atoms. The smallest absolute Gasteiger partial charge is 0.260 e. The van der Waals surface area contributed by atoms with Crippen molar-refractivity contribution in [3.8, 4) is 11.5 Å². The first-order valence-electron chi connectivity index (χ1n) is 12.7. The van der Waals surface area contributed by atoms with Gasteiger partial charge >= 0.3 is 0 Å². The number of hydrogen-bond acceptors (Lipinski definition) is 8. The number of rotatable bonds is 7. The van der Waals surface area contributed by atoms with Crippen LogP contribution >= 0.6 is 0 Å². The lowest BCUT2D eigenvalue weighted by Gasteiger charge is -2.28.